The Kier molecular flexibility index (Phi) is 9.39. The number of nitrogens with one attached hydrogen (secondary N) is 4. The number of fused-ring (bicyclic) bond motifs is 6. The first-order chi connectivity index (χ1) is 23.9. The molecule has 0 saturated carbocycles. The maximum atomic E-state index is 13.5. The molecule has 8 rings (SSSR count). The first-order valence-corrected chi connectivity index (χ1v) is 19.5. The lowest BCUT2D eigenvalue weighted by Gasteiger charge is -2.16. The molecule has 0 aliphatic carbocycles. The van der Waals surface area contributed by atoms with Crippen LogP contribution in [0, 0.1) is 23.3 Å². The van der Waals surface area contributed by atoms with Gasteiger partial charge in [-0.05, 0) is 130 Å². The lowest BCUT2D eigenvalue weighted by atomic mass is 9.91. The molecule has 0 aromatic heterocycles. The summed E-state index contributed by atoms with van der Waals surface area (Å²) < 4.78 is 105. The van der Waals surface area contributed by atoms with Crippen LogP contribution in [0.2, 0.25) is 0 Å². The smallest absolute Gasteiger partial charge is 0.206 e. The van der Waals surface area contributed by atoms with E-state index in [1.807, 2.05) is 0 Å². The molecule has 2 fully saturated rings. The van der Waals surface area contributed by atoms with E-state index in [1.54, 1.807) is 24.3 Å². The van der Waals surface area contributed by atoms with Crippen molar-refractivity contribution in [1.29, 1.82) is 0 Å². The van der Waals surface area contributed by atoms with E-state index < -0.39 is 42.9 Å². The van der Waals surface area contributed by atoms with Gasteiger partial charge in [0.25, 0.3) is 0 Å². The van der Waals surface area contributed by atoms with E-state index >= 15 is 0 Å². The van der Waals surface area contributed by atoms with E-state index in [0.717, 1.165) is 105 Å². The van der Waals surface area contributed by atoms with Crippen LogP contribution in [-0.2, 0) is 19.7 Å². The molecule has 4 aliphatic heterocycles. The van der Waals surface area contributed by atoms with Gasteiger partial charge >= 0.3 is 0 Å². The van der Waals surface area contributed by atoms with Gasteiger partial charge in [-0.3, -0.25) is 0 Å². The number of sulfone groups is 2. The quantitative estimate of drug-likeness (QED) is 0.147. The fourth-order valence-corrected chi connectivity index (χ4v) is 10.1. The third-order valence-corrected chi connectivity index (χ3v) is 13.5. The maximum Gasteiger partial charge on any atom is 0.206 e. The van der Waals surface area contributed by atoms with Crippen molar-refractivity contribution < 1.29 is 34.4 Å². The number of hydrogen-bond donors (Lipinski definition) is 4. The number of benzene rings is 4. The Morgan fingerprint density at radius 3 is 1.42 bits per heavy atom. The topological polar surface area (TPSA) is 116 Å². The zero-order valence-electron chi connectivity index (χ0n) is 26.9. The monoisotopic (exact) mass is 728 g/mol. The second-order valence-corrected chi connectivity index (χ2v) is 17.0. The molecular weight excluding hydrogens is 693 g/mol. The average Bonchev–Trinajstić information content (AvgIpc) is 3.37. The van der Waals surface area contributed by atoms with E-state index in [0.29, 0.717) is 12.1 Å². The Balaban J connectivity index is 0.000000157. The summed E-state index contributed by atoms with van der Waals surface area (Å²) in [6.45, 7) is 3.63. The minimum Gasteiger partial charge on any atom is -0.381 e. The predicted octanol–water partition coefficient (Wildman–Crippen LogP) is 6.12. The summed E-state index contributed by atoms with van der Waals surface area (Å²) in [6, 6.07) is 15.5. The van der Waals surface area contributed by atoms with Crippen molar-refractivity contribution >= 4 is 31.0 Å². The average molecular weight is 729 g/mol. The molecule has 4 aromatic carbocycles. The van der Waals surface area contributed by atoms with Crippen molar-refractivity contribution in [3.8, 4) is 0 Å². The van der Waals surface area contributed by atoms with Gasteiger partial charge in [0.05, 0.1) is 19.6 Å². The molecule has 0 amide bonds. The zero-order chi connectivity index (χ0) is 35.2. The highest BCUT2D eigenvalue weighted by Crippen LogP contribution is 2.43. The number of halogens is 4. The standard InChI is InChI=1S/2C18H18F2N2O2S/c19-15-3-1-12(10-16(15)20)25(23,24)11-2-4-17-14(9-11)13-5-7-21-8-6-18(13)22-17;19-11-7-12(20)9-14(8-11)25(23,24)13-1-2-17-16(10-13)15-3-5-21-6-4-18(15)22-17/h1-4,9-10,13,18,21-22H,5-8H2;1-2,7-10,15,18,21-22H,3-6H2/t13-,18-;15-,18-/m00/s1. The number of rotatable bonds is 4. The molecule has 4 atom stereocenters. The first-order valence-electron chi connectivity index (χ1n) is 16.6. The summed E-state index contributed by atoms with van der Waals surface area (Å²) in [7, 11) is -7.87. The number of hydrogen-bond acceptors (Lipinski definition) is 8. The van der Waals surface area contributed by atoms with Crippen molar-refractivity contribution in [2.24, 2.45) is 0 Å². The van der Waals surface area contributed by atoms with Crippen LogP contribution >= 0.6 is 0 Å². The lowest BCUT2D eigenvalue weighted by molar-refractivity contribution is 0.504. The minimum absolute atomic E-state index is 0.0657. The molecule has 14 heteroatoms. The van der Waals surface area contributed by atoms with Crippen LogP contribution in [0.1, 0.15) is 48.6 Å². The van der Waals surface area contributed by atoms with Gasteiger partial charge in [0, 0.05) is 41.4 Å². The molecule has 0 radical (unpaired) electrons. The normalized spacial score (nSPS) is 22.6. The summed E-state index contributed by atoms with van der Waals surface area (Å²) in [5.41, 5.74) is 3.85. The SMILES string of the molecule is O=S(=O)(c1cc(F)cc(F)c1)c1ccc2c(c1)[C@@H]1CCNCC[C@@H]1N2.O=S(=O)(c1ccc(F)c(F)c1)c1ccc2c(c1)[C@@H]1CCNCC[C@@H]1N2. The van der Waals surface area contributed by atoms with Crippen molar-refractivity contribution in [1.82, 2.24) is 10.6 Å². The highest BCUT2D eigenvalue weighted by atomic mass is 32.2. The van der Waals surface area contributed by atoms with Crippen molar-refractivity contribution in [3.63, 3.8) is 0 Å². The molecule has 0 bridgehead atoms. The predicted molar refractivity (Wildman–Crippen MR) is 181 cm³/mol. The van der Waals surface area contributed by atoms with E-state index in [-0.39, 0.29) is 37.5 Å². The van der Waals surface area contributed by atoms with Gasteiger partial charge in [0.1, 0.15) is 11.6 Å². The summed E-state index contributed by atoms with van der Waals surface area (Å²) >= 11 is 0. The van der Waals surface area contributed by atoms with Crippen molar-refractivity contribution in [3.05, 3.63) is 107 Å². The van der Waals surface area contributed by atoms with Gasteiger partial charge in [0.2, 0.25) is 19.7 Å². The van der Waals surface area contributed by atoms with Crippen LogP contribution in [-0.4, -0.2) is 55.1 Å². The van der Waals surface area contributed by atoms with Gasteiger partial charge in [0.15, 0.2) is 11.6 Å². The molecule has 2 saturated heterocycles. The molecule has 4 N–H and O–H groups in total. The maximum absolute atomic E-state index is 13.5. The second kappa shape index (κ2) is 13.6. The largest absolute Gasteiger partial charge is 0.381 e. The summed E-state index contributed by atoms with van der Waals surface area (Å²) in [4.78, 5) is -0.431. The van der Waals surface area contributed by atoms with Crippen LogP contribution in [0.4, 0.5) is 28.9 Å². The van der Waals surface area contributed by atoms with Gasteiger partial charge < -0.3 is 21.3 Å². The molecule has 0 unspecified atom stereocenters. The minimum atomic E-state index is -3.98. The van der Waals surface area contributed by atoms with Gasteiger partial charge in [-0.25, -0.2) is 34.4 Å². The summed E-state index contributed by atoms with van der Waals surface area (Å²) in [6.07, 6.45) is 3.79. The fraction of sp³-hybridized carbons (Fsp3) is 0.333. The Bertz CT molecular complexity index is 2150. The zero-order valence-corrected chi connectivity index (χ0v) is 28.5. The van der Waals surface area contributed by atoms with E-state index in [4.69, 9.17) is 0 Å². The van der Waals surface area contributed by atoms with Crippen LogP contribution < -0.4 is 21.3 Å². The summed E-state index contributed by atoms with van der Waals surface area (Å²) in [5, 5.41) is 13.6. The van der Waals surface area contributed by atoms with Crippen LogP contribution in [0.15, 0.2) is 92.4 Å². The number of anilines is 2. The van der Waals surface area contributed by atoms with Gasteiger partial charge in [-0.2, -0.15) is 0 Å². The molecule has 4 aromatic rings. The van der Waals surface area contributed by atoms with Crippen molar-refractivity contribution in [2.75, 3.05) is 36.8 Å². The molecule has 8 nitrogen and oxygen atoms in total. The second-order valence-electron chi connectivity index (χ2n) is 13.1. The molecular formula is C36H36F4N4O4S2. The third-order valence-electron chi connectivity index (χ3n) is 10.00. The molecule has 0 spiro atoms. The molecule has 264 valence electrons. The van der Waals surface area contributed by atoms with E-state index in [9.17, 15) is 34.4 Å². The third kappa shape index (κ3) is 6.61. The van der Waals surface area contributed by atoms with E-state index in [2.05, 4.69) is 21.3 Å². The Hall–Kier alpha value is -3.98. The molecule has 4 heterocycles. The highest BCUT2D eigenvalue weighted by Gasteiger charge is 2.35. The Morgan fingerprint density at radius 2 is 0.920 bits per heavy atom. The Labute approximate surface area is 288 Å². The van der Waals surface area contributed by atoms with Crippen LogP contribution in [0.3, 0.4) is 0 Å². The first kappa shape index (κ1) is 34.5. The Morgan fingerprint density at radius 1 is 0.480 bits per heavy atom. The summed E-state index contributed by atoms with van der Waals surface area (Å²) in [5.74, 6) is -3.55. The van der Waals surface area contributed by atoms with Gasteiger partial charge in [-0.1, -0.05) is 0 Å². The van der Waals surface area contributed by atoms with Crippen LogP contribution in [0.5, 0.6) is 0 Å². The van der Waals surface area contributed by atoms with Crippen LogP contribution in [0.25, 0.3) is 0 Å². The lowest BCUT2D eigenvalue weighted by Crippen LogP contribution is -2.21. The van der Waals surface area contributed by atoms with Crippen molar-refractivity contribution in [2.45, 2.75) is 69.2 Å². The highest BCUT2D eigenvalue weighted by molar-refractivity contribution is 7.91. The fourth-order valence-electron chi connectivity index (χ4n) is 7.47. The molecule has 50 heavy (non-hydrogen) atoms. The van der Waals surface area contributed by atoms with Gasteiger partial charge in [-0.15, -0.1) is 0 Å². The van der Waals surface area contributed by atoms with E-state index in [1.165, 1.54) is 12.1 Å². The molecule has 4 aliphatic rings.